The Morgan fingerprint density at radius 2 is 1.72 bits per heavy atom. The van der Waals surface area contributed by atoms with Crippen LogP contribution >= 0.6 is 0 Å². The van der Waals surface area contributed by atoms with Gasteiger partial charge in [-0.15, -0.1) is 18.2 Å². The van der Waals surface area contributed by atoms with E-state index in [2.05, 4.69) is 69.7 Å². The number of nitrogens with zero attached hydrogens (tertiary/aromatic N) is 2. The van der Waals surface area contributed by atoms with Crippen LogP contribution in [0.5, 0.6) is 0 Å². The number of halogens is 1. The standard InChI is InChI=1S/C29H24NO.C15H17FGeN.Ir/c1-3-8-20(9-4-1)22-14-15-24-25-12-7-13-26(29(25)31-28(24)19-22)27-18-23(16-17-30-27)21-10-5-2-6-11-21;1-11-5-7-13(14(16)9-11)15-8-6-12(10-18-15)17(2,3)4;/h1,3-4,7-9,12,14-19,21H,2,5-6,10-11H2;5-6,8-10H,1-4H3;/q2*-1;/i5D2,11D2;1D3;. The summed E-state index contributed by atoms with van der Waals surface area (Å²) in [6.07, 6.45) is 1.23. The Morgan fingerprint density at radius 1 is 0.860 bits per heavy atom. The quantitative estimate of drug-likeness (QED) is 0.128. The predicted octanol–water partition coefficient (Wildman–Crippen LogP) is 11.7. The van der Waals surface area contributed by atoms with Crippen molar-refractivity contribution >= 4 is 39.6 Å². The summed E-state index contributed by atoms with van der Waals surface area (Å²) in [5, 5.41) is 1.99. The zero-order valence-electron chi connectivity index (χ0n) is 35.1. The van der Waals surface area contributed by atoms with Crippen molar-refractivity contribution in [1.29, 1.82) is 0 Å². The van der Waals surface area contributed by atoms with Gasteiger partial charge in [-0.05, 0) is 47.7 Å². The molecule has 50 heavy (non-hydrogen) atoms. The fourth-order valence-electron chi connectivity index (χ4n) is 6.08. The minimum atomic E-state index is -2.33. The molecule has 0 bridgehead atoms. The number of aryl methyl sites for hydroxylation is 1. The summed E-state index contributed by atoms with van der Waals surface area (Å²) in [6, 6.07) is 36.0. The first-order valence-electron chi connectivity index (χ1n) is 20.0. The molecule has 7 aromatic rings. The molecule has 1 atom stereocenters. The molecule has 1 fully saturated rings. The van der Waals surface area contributed by atoms with E-state index >= 15 is 0 Å². The van der Waals surface area contributed by atoms with Gasteiger partial charge >= 0.3 is 114 Å². The van der Waals surface area contributed by atoms with Crippen molar-refractivity contribution in [2.24, 2.45) is 0 Å². The Hall–Kier alpha value is -3.90. The molecule has 0 saturated heterocycles. The maximum Gasteiger partial charge on any atom is 0.121 e. The fraction of sp³-hybridized carbons (Fsp3) is 0.227. The van der Waals surface area contributed by atoms with Crippen molar-refractivity contribution in [1.82, 2.24) is 9.97 Å². The Bertz CT molecular complexity index is 2520. The van der Waals surface area contributed by atoms with Gasteiger partial charge in [-0.1, -0.05) is 84.3 Å². The van der Waals surface area contributed by atoms with Crippen LogP contribution in [0.3, 0.4) is 0 Å². The maximum atomic E-state index is 14.1. The second-order valence-corrected chi connectivity index (χ2v) is 23.9. The van der Waals surface area contributed by atoms with Crippen LogP contribution < -0.4 is 4.40 Å². The molecule has 3 heterocycles. The average Bonchev–Trinajstić information content (AvgIpc) is 3.54. The van der Waals surface area contributed by atoms with Gasteiger partial charge in [0.1, 0.15) is 5.58 Å². The smallest absolute Gasteiger partial charge is 0.121 e. The first-order valence-corrected chi connectivity index (χ1v) is 23.8. The monoisotopic (exact) mass is 906 g/mol. The molecule has 0 amide bonds. The summed E-state index contributed by atoms with van der Waals surface area (Å²) >= 11 is -1.94. The van der Waals surface area contributed by atoms with Gasteiger partial charge in [0.05, 0.1) is 5.58 Å². The van der Waals surface area contributed by atoms with Gasteiger partial charge in [-0.2, -0.15) is 0 Å². The zero-order valence-corrected chi connectivity index (χ0v) is 32.6. The van der Waals surface area contributed by atoms with Crippen molar-refractivity contribution in [2.45, 2.75) is 62.0 Å². The van der Waals surface area contributed by atoms with Crippen LogP contribution in [0.2, 0.25) is 17.3 Å². The number of pyridine rings is 2. The minimum absolute atomic E-state index is 0. The van der Waals surface area contributed by atoms with Crippen molar-refractivity contribution in [3.8, 4) is 33.6 Å². The number of aromatic nitrogens is 2. The molecule has 1 radical (unpaired) electrons. The van der Waals surface area contributed by atoms with E-state index in [-0.39, 0.29) is 50.5 Å². The van der Waals surface area contributed by atoms with Gasteiger partial charge in [0, 0.05) is 37.2 Å². The zero-order chi connectivity index (χ0) is 40.0. The molecule has 8 rings (SSSR count). The molecular formula is C44H41FGeIrN2O-2. The molecule has 1 saturated carbocycles. The summed E-state index contributed by atoms with van der Waals surface area (Å²) in [5.74, 6) is 5.63. The third-order valence-electron chi connectivity index (χ3n) is 8.80. The summed E-state index contributed by atoms with van der Waals surface area (Å²) in [5.41, 5.74) is 6.44. The van der Waals surface area contributed by atoms with E-state index < -0.39 is 44.6 Å². The molecule has 3 aromatic heterocycles. The van der Waals surface area contributed by atoms with Gasteiger partial charge in [-0.3, -0.25) is 0 Å². The molecule has 1 unspecified atom stereocenters. The molecule has 0 aliphatic heterocycles. The van der Waals surface area contributed by atoms with Crippen LogP contribution in [0.15, 0.2) is 114 Å². The van der Waals surface area contributed by atoms with E-state index in [4.69, 9.17) is 14.0 Å². The second kappa shape index (κ2) is 15.6. The summed E-state index contributed by atoms with van der Waals surface area (Å²) < 4.78 is 77.0. The average molecular weight is 905 g/mol. The van der Waals surface area contributed by atoms with Crippen molar-refractivity contribution in [3.05, 3.63) is 139 Å². The van der Waals surface area contributed by atoms with E-state index in [9.17, 15) is 4.39 Å². The van der Waals surface area contributed by atoms with Crippen molar-refractivity contribution in [3.63, 3.8) is 0 Å². The molecule has 4 aromatic carbocycles. The molecular weight excluding hydrogens is 856 g/mol. The minimum Gasteiger partial charge on any atom is -0.501 e. The van der Waals surface area contributed by atoms with Crippen LogP contribution in [-0.2, 0) is 20.1 Å². The van der Waals surface area contributed by atoms with Crippen molar-refractivity contribution in [2.75, 3.05) is 0 Å². The molecule has 0 N–H and O–H groups in total. The molecule has 0 spiro atoms. The van der Waals surface area contributed by atoms with Crippen LogP contribution in [0, 0.1) is 24.8 Å². The maximum absolute atomic E-state index is 14.1. The molecule has 255 valence electrons. The van der Waals surface area contributed by atoms with E-state index in [1.165, 1.54) is 10.5 Å². The summed E-state index contributed by atoms with van der Waals surface area (Å²) in [6.45, 7) is -2.33. The number of hydrogen-bond donors (Lipinski definition) is 0. The third-order valence-corrected chi connectivity index (χ3v) is 13.1. The predicted molar refractivity (Wildman–Crippen MR) is 203 cm³/mol. The number of fused-ring (bicyclic) bond motifs is 3. The van der Waals surface area contributed by atoms with E-state index in [1.807, 2.05) is 42.5 Å². The number of rotatable bonds is 5. The van der Waals surface area contributed by atoms with Gasteiger partial charge in [0.15, 0.2) is 0 Å². The summed E-state index contributed by atoms with van der Waals surface area (Å²) in [7, 11) is 0. The normalized spacial score (nSPS) is 18.9. The first-order chi connectivity index (χ1) is 26.4. The van der Waals surface area contributed by atoms with E-state index in [0.717, 1.165) is 44.7 Å². The fourth-order valence-corrected chi connectivity index (χ4v) is 8.25. The Morgan fingerprint density at radius 3 is 2.48 bits per heavy atom. The van der Waals surface area contributed by atoms with Gasteiger partial charge in [-0.25, -0.2) is 0 Å². The Kier molecular flexibility index (Phi) is 8.64. The Labute approximate surface area is 320 Å². The topological polar surface area (TPSA) is 38.9 Å². The van der Waals surface area contributed by atoms with Crippen LogP contribution in [0.1, 0.15) is 58.6 Å². The second-order valence-electron chi connectivity index (χ2n) is 13.3. The number of benzene rings is 4. The van der Waals surface area contributed by atoms with Crippen molar-refractivity contribution < 1.29 is 38.5 Å². The molecule has 1 aliphatic carbocycles. The van der Waals surface area contributed by atoms with Gasteiger partial charge in [0.2, 0.25) is 0 Å². The number of hydrogen-bond acceptors (Lipinski definition) is 3. The molecule has 3 nitrogen and oxygen atoms in total. The largest absolute Gasteiger partial charge is 0.501 e. The van der Waals surface area contributed by atoms with Crippen LogP contribution in [0.4, 0.5) is 4.39 Å². The summed E-state index contributed by atoms with van der Waals surface area (Å²) in [4.78, 5) is 8.87. The third kappa shape index (κ3) is 7.86. The van der Waals surface area contributed by atoms with Crippen LogP contribution in [-0.4, -0.2) is 23.2 Å². The first kappa shape index (κ1) is 27.8. The SMILES string of the molecule is [2H]C([2H])([2H])c1c[c-]c(-c2cc[c]([Ge]([CH3])([CH3])[CH3])cn2)c(F)c1.[2H]C1([2H])CCC([2H])([2H])C(c2ccnc(-c3[c-]ccc4c3oc3cc(-c5ccccc5)ccc34)c2)C1.[Ir]. The van der Waals surface area contributed by atoms with Gasteiger partial charge < -0.3 is 9.40 Å². The van der Waals surface area contributed by atoms with Crippen LogP contribution in [0.25, 0.3) is 55.6 Å². The molecule has 1 aliphatic rings. The molecule has 6 heteroatoms. The van der Waals surface area contributed by atoms with E-state index in [1.54, 1.807) is 24.5 Å². The van der Waals surface area contributed by atoms with E-state index in [0.29, 0.717) is 17.0 Å². The Balaban J connectivity index is 0.000000215. The number of furan rings is 1. The van der Waals surface area contributed by atoms with Gasteiger partial charge in [0.25, 0.3) is 0 Å².